The molecule has 0 unspecified atom stereocenters. The normalized spacial score (nSPS) is 11.3. The van der Waals surface area contributed by atoms with E-state index in [1.807, 2.05) is 0 Å². The van der Waals surface area contributed by atoms with Gasteiger partial charge in [-0.05, 0) is 24.3 Å². The number of hydrogen-bond donors (Lipinski definition) is 1. The lowest BCUT2D eigenvalue weighted by Crippen LogP contribution is -2.39. The van der Waals surface area contributed by atoms with Crippen LogP contribution in [0.3, 0.4) is 0 Å². The first-order valence-electron chi connectivity index (χ1n) is 7.50. The van der Waals surface area contributed by atoms with Crippen molar-refractivity contribution in [2.75, 3.05) is 24.2 Å². The summed E-state index contributed by atoms with van der Waals surface area (Å²) in [5.74, 6) is -0.900. The average Bonchev–Trinajstić information content (AvgIpc) is 2.60. The van der Waals surface area contributed by atoms with Crippen LogP contribution in [0.25, 0.3) is 0 Å². The third kappa shape index (κ3) is 5.03. The highest BCUT2D eigenvalue weighted by atomic mass is 32.2. The molecule has 1 N–H and O–H groups in total. The van der Waals surface area contributed by atoms with Gasteiger partial charge in [0.25, 0.3) is 5.91 Å². The minimum absolute atomic E-state index is 0.209. The average molecular weight is 379 g/mol. The maximum absolute atomic E-state index is 13.9. The fraction of sp³-hybridized carbons (Fsp3) is 0.176. The van der Waals surface area contributed by atoms with Gasteiger partial charge in [-0.1, -0.05) is 24.3 Å². The highest BCUT2D eigenvalue weighted by Crippen LogP contribution is 2.21. The Kier molecular flexibility index (Phi) is 6.29. The van der Waals surface area contributed by atoms with E-state index in [2.05, 4.69) is 10.5 Å². The molecule has 2 rings (SSSR count). The molecule has 2 aromatic rings. The van der Waals surface area contributed by atoms with Gasteiger partial charge in [0.2, 0.25) is 10.0 Å². The van der Waals surface area contributed by atoms with E-state index < -0.39 is 28.3 Å². The molecule has 0 aliphatic rings. The second-order valence-corrected chi connectivity index (χ2v) is 7.16. The number of benzene rings is 2. The van der Waals surface area contributed by atoms with Crippen LogP contribution in [0.15, 0.2) is 53.6 Å². The topological polar surface area (TPSA) is 88.1 Å². The van der Waals surface area contributed by atoms with Gasteiger partial charge in [-0.2, -0.15) is 5.10 Å². The van der Waals surface area contributed by atoms with E-state index in [1.54, 1.807) is 24.3 Å². The second kappa shape index (κ2) is 8.43. The number of carbonyl (C=O) groups is 1. The summed E-state index contributed by atoms with van der Waals surface area (Å²) in [7, 11) is -2.36. The van der Waals surface area contributed by atoms with Crippen molar-refractivity contribution in [2.24, 2.45) is 5.10 Å². The predicted octanol–water partition coefficient (Wildman–Crippen LogP) is 1.75. The van der Waals surface area contributed by atoms with E-state index in [-0.39, 0.29) is 5.69 Å². The van der Waals surface area contributed by atoms with Crippen molar-refractivity contribution in [3.05, 3.63) is 59.9 Å². The molecule has 0 heterocycles. The van der Waals surface area contributed by atoms with Crippen LogP contribution in [0.1, 0.15) is 5.56 Å². The molecule has 0 bridgehead atoms. The highest BCUT2D eigenvalue weighted by molar-refractivity contribution is 7.92. The number of amides is 1. The van der Waals surface area contributed by atoms with Gasteiger partial charge in [-0.3, -0.25) is 9.10 Å². The smallest absolute Gasteiger partial charge is 0.260 e. The van der Waals surface area contributed by atoms with Crippen LogP contribution >= 0.6 is 0 Å². The van der Waals surface area contributed by atoms with Gasteiger partial charge in [0.1, 0.15) is 18.1 Å². The number of nitrogens with one attached hydrogen (secondary N) is 1. The van der Waals surface area contributed by atoms with Crippen LogP contribution in [0, 0.1) is 5.82 Å². The largest absolute Gasteiger partial charge is 0.496 e. The summed E-state index contributed by atoms with van der Waals surface area (Å²) in [4.78, 5) is 12.0. The van der Waals surface area contributed by atoms with Gasteiger partial charge in [-0.25, -0.2) is 18.2 Å². The van der Waals surface area contributed by atoms with Crippen molar-refractivity contribution >= 4 is 27.8 Å². The fourth-order valence-electron chi connectivity index (χ4n) is 2.15. The molecule has 0 aliphatic heterocycles. The molecule has 0 saturated heterocycles. The first-order chi connectivity index (χ1) is 12.3. The van der Waals surface area contributed by atoms with E-state index in [4.69, 9.17) is 4.74 Å². The van der Waals surface area contributed by atoms with Gasteiger partial charge in [0.05, 0.1) is 25.3 Å². The van der Waals surface area contributed by atoms with E-state index in [0.29, 0.717) is 15.6 Å². The number of methoxy groups -OCH3 is 1. The molecule has 0 spiro atoms. The number of anilines is 1. The second-order valence-electron chi connectivity index (χ2n) is 5.26. The molecule has 0 fully saturated rings. The first-order valence-corrected chi connectivity index (χ1v) is 9.35. The van der Waals surface area contributed by atoms with Gasteiger partial charge >= 0.3 is 0 Å². The molecule has 26 heavy (non-hydrogen) atoms. The lowest BCUT2D eigenvalue weighted by molar-refractivity contribution is -0.119. The molecule has 0 atom stereocenters. The Labute approximate surface area is 151 Å². The van der Waals surface area contributed by atoms with Crippen LogP contribution in [-0.4, -0.2) is 40.4 Å². The van der Waals surface area contributed by atoms with Crippen LogP contribution in [0.5, 0.6) is 5.75 Å². The zero-order valence-corrected chi connectivity index (χ0v) is 15.0. The molecule has 0 radical (unpaired) electrons. The van der Waals surface area contributed by atoms with Crippen molar-refractivity contribution < 1.29 is 22.3 Å². The van der Waals surface area contributed by atoms with Gasteiger partial charge in [0, 0.05) is 5.56 Å². The van der Waals surface area contributed by atoms with Gasteiger partial charge in [0.15, 0.2) is 0 Å². The van der Waals surface area contributed by atoms with Crippen molar-refractivity contribution in [3.8, 4) is 5.75 Å². The first kappa shape index (κ1) is 19.4. The molecule has 7 nitrogen and oxygen atoms in total. The molecule has 2 aromatic carbocycles. The summed E-state index contributed by atoms with van der Waals surface area (Å²) in [6.45, 7) is -0.608. The van der Waals surface area contributed by atoms with Crippen molar-refractivity contribution in [3.63, 3.8) is 0 Å². The number of nitrogens with zero attached hydrogens (tertiary/aromatic N) is 2. The molecular formula is C17H18FN3O4S. The molecule has 9 heteroatoms. The number of carbonyl (C=O) groups excluding carboxylic acids is 1. The SMILES string of the molecule is COc1ccccc1/C=N\NC(=O)CN(c1ccccc1F)S(C)(=O)=O. The molecule has 138 valence electrons. The van der Waals surface area contributed by atoms with E-state index >= 15 is 0 Å². The number of hydrogen-bond acceptors (Lipinski definition) is 5. The standard InChI is InChI=1S/C17H18FN3O4S/c1-25-16-10-6-3-7-13(16)11-19-20-17(22)12-21(26(2,23)24)15-9-5-4-8-14(15)18/h3-11H,12H2,1-2H3,(H,20,22)/b19-11-. The maximum atomic E-state index is 13.9. The van der Waals surface area contributed by atoms with Gasteiger partial charge in [-0.15, -0.1) is 0 Å². The summed E-state index contributed by atoms with van der Waals surface area (Å²) in [5, 5.41) is 3.78. The lowest BCUT2D eigenvalue weighted by atomic mass is 10.2. The molecule has 0 saturated carbocycles. The van der Waals surface area contributed by atoms with Gasteiger partial charge < -0.3 is 4.74 Å². The van der Waals surface area contributed by atoms with Crippen molar-refractivity contribution in [1.82, 2.24) is 5.43 Å². The summed E-state index contributed by atoms with van der Waals surface area (Å²) >= 11 is 0. The Morgan fingerprint density at radius 1 is 1.23 bits per heavy atom. The Bertz CT molecular complexity index is 916. The number of rotatable bonds is 7. The summed E-state index contributed by atoms with van der Waals surface area (Å²) in [6, 6.07) is 12.3. The minimum atomic E-state index is -3.86. The highest BCUT2D eigenvalue weighted by Gasteiger charge is 2.23. The molecule has 0 aliphatic carbocycles. The zero-order valence-electron chi connectivity index (χ0n) is 14.2. The third-order valence-electron chi connectivity index (χ3n) is 3.34. The molecule has 0 aromatic heterocycles. The number of sulfonamides is 1. The minimum Gasteiger partial charge on any atom is -0.496 e. The molecular weight excluding hydrogens is 361 g/mol. The Morgan fingerprint density at radius 2 is 1.88 bits per heavy atom. The zero-order chi connectivity index (χ0) is 19.2. The summed E-state index contributed by atoms with van der Waals surface area (Å²) in [5.41, 5.74) is 2.64. The predicted molar refractivity (Wildman–Crippen MR) is 97.3 cm³/mol. The third-order valence-corrected chi connectivity index (χ3v) is 4.47. The quantitative estimate of drug-likeness (QED) is 0.586. The van der Waals surface area contributed by atoms with Crippen molar-refractivity contribution in [1.29, 1.82) is 0 Å². The van der Waals surface area contributed by atoms with E-state index in [1.165, 1.54) is 31.5 Å². The van der Waals surface area contributed by atoms with E-state index in [0.717, 1.165) is 12.3 Å². The number of para-hydroxylation sites is 2. The summed E-state index contributed by atoms with van der Waals surface area (Å²) < 4.78 is 43.6. The number of hydrazone groups is 1. The van der Waals surface area contributed by atoms with Crippen LogP contribution in [0.2, 0.25) is 0 Å². The number of ether oxygens (including phenoxy) is 1. The van der Waals surface area contributed by atoms with Crippen LogP contribution in [-0.2, 0) is 14.8 Å². The monoisotopic (exact) mass is 379 g/mol. The maximum Gasteiger partial charge on any atom is 0.260 e. The Hall–Kier alpha value is -2.94. The number of halogens is 1. The summed E-state index contributed by atoms with van der Waals surface area (Å²) in [6.07, 6.45) is 2.26. The van der Waals surface area contributed by atoms with Crippen LogP contribution in [0.4, 0.5) is 10.1 Å². The fourth-order valence-corrected chi connectivity index (χ4v) is 3.00. The Morgan fingerprint density at radius 3 is 2.54 bits per heavy atom. The van der Waals surface area contributed by atoms with E-state index in [9.17, 15) is 17.6 Å². The van der Waals surface area contributed by atoms with Crippen molar-refractivity contribution in [2.45, 2.75) is 0 Å². The molecule has 1 amide bonds. The Balaban J connectivity index is 2.11. The lowest BCUT2D eigenvalue weighted by Gasteiger charge is -2.21. The van der Waals surface area contributed by atoms with Crippen LogP contribution < -0.4 is 14.5 Å².